The lowest BCUT2D eigenvalue weighted by Gasteiger charge is -2.19. The maximum Gasteiger partial charge on any atom is 0.326 e. The molecule has 0 aliphatic heterocycles. The molecule has 2 amide bonds. The van der Waals surface area contributed by atoms with Gasteiger partial charge < -0.3 is 15.7 Å². The third kappa shape index (κ3) is 7.60. The zero-order chi connectivity index (χ0) is 13.4. The van der Waals surface area contributed by atoms with Gasteiger partial charge >= 0.3 is 12.0 Å². The average molecular weight is 244 g/mol. The van der Waals surface area contributed by atoms with E-state index in [1.54, 1.807) is 0 Å². The van der Waals surface area contributed by atoms with Crippen molar-refractivity contribution in [1.29, 1.82) is 0 Å². The van der Waals surface area contributed by atoms with Crippen LogP contribution >= 0.6 is 0 Å². The average Bonchev–Trinajstić information content (AvgIpc) is 2.15. The predicted octanol–water partition coefficient (Wildman–Crippen LogP) is 1.97. The highest BCUT2D eigenvalue weighted by atomic mass is 16.4. The van der Waals surface area contributed by atoms with E-state index in [4.69, 9.17) is 5.11 Å². The highest BCUT2D eigenvalue weighted by Gasteiger charge is 2.21. The Morgan fingerprint density at radius 3 is 2.18 bits per heavy atom. The van der Waals surface area contributed by atoms with Gasteiger partial charge in [0.05, 0.1) is 0 Å². The van der Waals surface area contributed by atoms with Gasteiger partial charge in [0.15, 0.2) is 0 Å². The number of carboxylic acids is 1. The predicted molar refractivity (Wildman–Crippen MR) is 66.9 cm³/mol. The molecular weight excluding hydrogens is 220 g/mol. The van der Waals surface area contributed by atoms with E-state index >= 15 is 0 Å². The largest absolute Gasteiger partial charge is 0.480 e. The monoisotopic (exact) mass is 244 g/mol. The molecule has 0 bridgehead atoms. The Hall–Kier alpha value is -1.26. The molecule has 0 saturated heterocycles. The van der Waals surface area contributed by atoms with Gasteiger partial charge in [-0.25, -0.2) is 9.59 Å². The SMILES string of the molecule is CCCC(C)NC(=O)N[C@@H](CC(C)C)C(=O)O. The summed E-state index contributed by atoms with van der Waals surface area (Å²) >= 11 is 0. The number of rotatable bonds is 7. The number of hydrogen-bond donors (Lipinski definition) is 3. The molecule has 17 heavy (non-hydrogen) atoms. The summed E-state index contributed by atoms with van der Waals surface area (Å²) in [5.41, 5.74) is 0. The van der Waals surface area contributed by atoms with Gasteiger partial charge in [0.1, 0.15) is 6.04 Å². The molecule has 3 N–H and O–H groups in total. The third-order valence-corrected chi connectivity index (χ3v) is 2.41. The molecule has 2 atom stereocenters. The lowest BCUT2D eigenvalue weighted by Crippen LogP contribution is -2.48. The van der Waals surface area contributed by atoms with Gasteiger partial charge in [0.2, 0.25) is 0 Å². The van der Waals surface area contributed by atoms with E-state index in [1.807, 2.05) is 27.7 Å². The zero-order valence-corrected chi connectivity index (χ0v) is 11.1. The molecule has 1 unspecified atom stereocenters. The zero-order valence-electron chi connectivity index (χ0n) is 11.1. The summed E-state index contributed by atoms with van der Waals surface area (Å²) in [6, 6.07) is -1.16. The van der Waals surface area contributed by atoms with Gasteiger partial charge in [-0.2, -0.15) is 0 Å². The van der Waals surface area contributed by atoms with Gasteiger partial charge in [-0.05, 0) is 25.7 Å². The second-order valence-electron chi connectivity index (χ2n) is 4.83. The van der Waals surface area contributed by atoms with Crippen LogP contribution in [0.2, 0.25) is 0 Å². The van der Waals surface area contributed by atoms with E-state index in [9.17, 15) is 9.59 Å². The summed E-state index contributed by atoms with van der Waals surface area (Å²) in [5.74, 6) is -0.763. The quantitative estimate of drug-likeness (QED) is 0.640. The Balaban J connectivity index is 4.17. The van der Waals surface area contributed by atoms with Crippen molar-refractivity contribution >= 4 is 12.0 Å². The van der Waals surface area contributed by atoms with Crippen LogP contribution in [0.25, 0.3) is 0 Å². The summed E-state index contributed by atoms with van der Waals surface area (Å²) in [5, 5.41) is 14.2. The number of hydrogen-bond acceptors (Lipinski definition) is 2. The Kier molecular flexibility index (Phi) is 7.34. The van der Waals surface area contributed by atoms with Crippen LogP contribution < -0.4 is 10.6 Å². The lowest BCUT2D eigenvalue weighted by molar-refractivity contribution is -0.139. The molecular formula is C12H24N2O3. The maximum absolute atomic E-state index is 11.5. The minimum Gasteiger partial charge on any atom is -0.480 e. The second kappa shape index (κ2) is 7.92. The van der Waals surface area contributed by atoms with Crippen LogP contribution in [0.4, 0.5) is 4.79 Å². The summed E-state index contributed by atoms with van der Waals surface area (Å²) in [7, 11) is 0. The van der Waals surface area contributed by atoms with Gasteiger partial charge in [0.25, 0.3) is 0 Å². The molecule has 0 aromatic carbocycles. The van der Waals surface area contributed by atoms with Crippen molar-refractivity contribution < 1.29 is 14.7 Å². The molecule has 0 radical (unpaired) electrons. The number of carbonyl (C=O) groups is 2. The summed E-state index contributed by atoms with van der Waals surface area (Å²) in [4.78, 5) is 22.5. The van der Waals surface area contributed by atoms with E-state index in [1.165, 1.54) is 0 Å². The van der Waals surface area contributed by atoms with E-state index in [0.29, 0.717) is 6.42 Å². The molecule has 0 spiro atoms. The first kappa shape index (κ1) is 15.7. The molecule has 0 aromatic heterocycles. The Morgan fingerprint density at radius 2 is 1.76 bits per heavy atom. The van der Waals surface area contributed by atoms with Gasteiger partial charge in [0, 0.05) is 6.04 Å². The molecule has 0 saturated carbocycles. The number of carboxylic acid groups (broad SMARTS) is 1. The van der Waals surface area contributed by atoms with Crippen molar-refractivity contribution in [2.45, 2.75) is 59.0 Å². The maximum atomic E-state index is 11.5. The van der Waals surface area contributed by atoms with Gasteiger partial charge in [-0.15, -0.1) is 0 Å². The van der Waals surface area contributed by atoms with E-state index in [2.05, 4.69) is 10.6 Å². The number of nitrogens with one attached hydrogen (secondary N) is 2. The van der Waals surface area contributed by atoms with E-state index in [-0.39, 0.29) is 12.0 Å². The number of urea groups is 1. The van der Waals surface area contributed by atoms with Gasteiger partial charge in [-0.3, -0.25) is 0 Å². The first-order chi connectivity index (χ1) is 7.86. The number of aliphatic carboxylic acids is 1. The summed E-state index contributed by atoms with van der Waals surface area (Å²) < 4.78 is 0. The molecule has 0 fully saturated rings. The van der Waals surface area contributed by atoms with Crippen molar-refractivity contribution in [1.82, 2.24) is 10.6 Å². The molecule has 0 aliphatic rings. The molecule has 0 rings (SSSR count). The Bertz CT molecular complexity index is 254. The van der Waals surface area contributed by atoms with E-state index < -0.39 is 18.0 Å². The highest BCUT2D eigenvalue weighted by Crippen LogP contribution is 2.05. The van der Waals surface area contributed by atoms with Crippen LogP contribution in [0.1, 0.15) is 47.0 Å². The first-order valence-corrected chi connectivity index (χ1v) is 6.16. The minimum atomic E-state index is -0.989. The van der Waals surface area contributed by atoms with Crippen molar-refractivity contribution in [2.75, 3.05) is 0 Å². The van der Waals surface area contributed by atoms with Crippen LogP contribution in [0.15, 0.2) is 0 Å². The molecule has 0 aliphatic carbocycles. The summed E-state index contributed by atoms with van der Waals surface area (Å²) in [6.45, 7) is 7.79. The van der Waals surface area contributed by atoms with Crippen molar-refractivity contribution in [3.63, 3.8) is 0 Å². The van der Waals surface area contributed by atoms with Crippen LogP contribution in [0.3, 0.4) is 0 Å². The Labute approximate surface area is 103 Å². The van der Waals surface area contributed by atoms with Crippen LogP contribution in [0.5, 0.6) is 0 Å². The highest BCUT2D eigenvalue weighted by molar-refractivity contribution is 5.82. The normalized spacial score (nSPS) is 14.2. The first-order valence-electron chi connectivity index (χ1n) is 6.16. The topological polar surface area (TPSA) is 78.4 Å². The van der Waals surface area contributed by atoms with Crippen LogP contribution in [0, 0.1) is 5.92 Å². The standard InChI is InChI=1S/C12H24N2O3/c1-5-6-9(4)13-12(17)14-10(11(15)16)7-8(2)3/h8-10H,5-7H2,1-4H3,(H,15,16)(H2,13,14,17)/t9?,10-/m0/s1. The molecule has 5 heteroatoms. The van der Waals surface area contributed by atoms with Crippen LogP contribution in [-0.2, 0) is 4.79 Å². The number of amides is 2. The summed E-state index contributed by atoms with van der Waals surface area (Å²) in [6.07, 6.45) is 2.30. The fourth-order valence-electron chi connectivity index (χ4n) is 1.62. The third-order valence-electron chi connectivity index (χ3n) is 2.41. The Morgan fingerprint density at radius 1 is 1.18 bits per heavy atom. The van der Waals surface area contributed by atoms with Crippen molar-refractivity contribution in [2.24, 2.45) is 5.92 Å². The van der Waals surface area contributed by atoms with Gasteiger partial charge in [-0.1, -0.05) is 27.2 Å². The fourth-order valence-corrected chi connectivity index (χ4v) is 1.62. The number of carbonyl (C=O) groups excluding carboxylic acids is 1. The molecule has 100 valence electrons. The molecule has 5 nitrogen and oxygen atoms in total. The lowest BCUT2D eigenvalue weighted by atomic mass is 10.0. The fraction of sp³-hybridized carbons (Fsp3) is 0.833. The smallest absolute Gasteiger partial charge is 0.326 e. The second-order valence-corrected chi connectivity index (χ2v) is 4.83. The van der Waals surface area contributed by atoms with E-state index in [0.717, 1.165) is 12.8 Å². The molecule has 0 aromatic rings. The van der Waals surface area contributed by atoms with Crippen molar-refractivity contribution in [3.8, 4) is 0 Å². The van der Waals surface area contributed by atoms with Crippen LogP contribution in [-0.4, -0.2) is 29.2 Å². The van der Waals surface area contributed by atoms with Crippen molar-refractivity contribution in [3.05, 3.63) is 0 Å². The molecule has 0 heterocycles. The minimum absolute atomic E-state index is 0.0634.